The Morgan fingerprint density at radius 2 is 1.05 bits per heavy atom. The molecule has 284 valence electrons. The number of hydrogen-bond acceptors (Lipinski definition) is 2. The number of thiophene rings is 1. The number of rotatable bonds is 7. The van der Waals surface area contributed by atoms with Crippen molar-refractivity contribution in [1.29, 1.82) is 0 Å². The molecule has 1 aromatic heterocycles. The molecule has 58 heavy (non-hydrogen) atoms. The summed E-state index contributed by atoms with van der Waals surface area (Å²) >= 11 is 1.89. The van der Waals surface area contributed by atoms with Crippen LogP contribution in [0.4, 0.5) is 17.1 Å². The quantitative estimate of drug-likeness (QED) is 0.156. The van der Waals surface area contributed by atoms with Crippen LogP contribution in [0.2, 0.25) is 0 Å². The molecule has 0 aliphatic heterocycles. The summed E-state index contributed by atoms with van der Waals surface area (Å²) in [5, 5.41) is 5.38. The third kappa shape index (κ3) is 6.60. The molecular weight excluding hydrogens is 719 g/mol. The second kappa shape index (κ2) is 15.1. The van der Waals surface area contributed by atoms with Gasteiger partial charge in [0.1, 0.15) is 0 Å². The SMILES string of the molecule is CC(C)(C)c1ccc(-c2ccccc2N(c2ccc(-c3cccc4c3sc3ccccc34)cc2)c2ccccc2-c2cccc3cccc(C4CCCCC4)c23)cc1. The summed E-state index contributed by atoms with van der Waals surface area (Å²) in [5.74, 6) is 0.594. The van der Waals surface area contributed by atoms with E-state index < -0.39 is 0 Å². The van der Waals surface area contributed by atoms with Crippen LogP contribution in [0, 0.1) is 0 Å². The van der Waals surface area contributed by atoms with E-state index in [1.165, 1.54) is 113 Å². The number of hydrogen-bond donors (Lipinski definition) is 0. The van der Waals surface area contributed by atoms with Gasteiger partial charge in [0.05, 0.1) is 11.4 Å². The third-order valence-electron chi connectivity index (χ3n) is 12.5. The summed E-state index contributed by atoms with van der Waals surface area (Å²) in [5.41, 5.74) is 13.9. The number of benzene rings is 8. The van der Waals surface area contributed by atoms with Crippen molar-refractivity contribution < 1.29 is 0 Å². The van der Waals surface area contributed by atoms with E-state index in [-0.39, 0.29) is 5.41 Å². The molecule has 0 saturated heterocycles. The Bertz CT molecular complexity index is 2900. The fraction of sp³-hybridized carbons (Fsp3) is 0.179. The highest BCUT2D eigenvalue weighted by atomic mass is 32.1. The van der Waals surface area contributed by atoms with Gasteiger partial charge < -0.3 is 4.90 Å². The number of nitrogens with zero attached hydrogens (tertiary/aromatic N) is 1. The van der Waals surface area contributed by atoms with Crippen molar-refractivity contribution in [3.8, 4) is 33.4 Å². The first-order chi connectivity index (χ1) is 28.4. The predicted molar refractivity (Wildman–Crippen MR) is 252 cm³/mol. The molecule has 8 aromatic carbocycles. The highest BCUT2D eigenvalue weighted by molar-refractivity contribution is 7.26. The van der Waals surface area contributed by atoms with E-state index in [4.69, 9.17) is 0 Å². The smallest absolute Gasteiger partial charge is 0.0540 e. The van der Waals surface area contributed by atoms with Gasteiger partial charge in [-0.15, -0.1) is 11.3 Å². The van der Waals surface area contributed by atoms with Crippen molar-refractivity contribution in [2.45, 2.75) is 64.2 Å². The molecule has 1 aliphatic carbocycles. The van der Waals surface area contributed by atoms with E-state index in [2.05, 4.69) is 202 Å². The molecule has 1 saturated carbocycles. The Hall–Kier alpha value is -5.96. The molecule has 0 spiro atoms. The van der Waals surface area contributed by atoms with Gasteiger partial charge in [-0.3, -0.25) is 0 Å². The molecular formula is C56H49NS. The molecule has 1 nitrogen and oxygen atoms in total. The van der Waals surface area contributed by atoms with Crippen molar-refractivity contribution in [2.75, 3.05) is 4.90 Å². The number of fused-ring (bicyclic) bond motifs is 4. The second-order valence-electron chi connectivity index (χ2n) is 17.1. The van der Waals surface area contributed by atoms with Crippen LogP contribution in [0.25, 0.3) is 64.3 Å². The largest absolute Gasteiger partial charge is 0.309 e. The third-order valence-corrected chi connectivity index (χ3v) is 13.7. The topological polar surface area (TPSA) is 3.24 Å². The summed E-state index contributed by atoms with van der Waals surface area (Å²) in [4.78, 5) is 2.51. The van der Waals surface area contributed by atoms with Gasteiger partial charge in [0.25, 0.3) is 0 Å². The Balaban J connectivity index is 1.17. The summed E-state index contributed by atoms with van der Waals surface area (Å²) in [6.45, 7) is 6.85. The highest BCUT2D eigenvalue weighted by Crippen LogP contribution is 2.48. The minimum atomic E-state index is 0.0832. The van der Waals surface area contributed by atoms with Crippen molar-refractivity contribution in [1.82, 2.24) is 0 Å². The van der Waals surface area contributed by atoms with Crippen molar-refractivity contribution in [2.24, 2.45) is 0 Å². The Labute approximate surface area is 347 Å². The summed E-state index contributed by atoms with van der Waals surface area (Å²) in [6.07, 6.45) is 6.51. The fourth-order valence-corrected chi connectivity index (χ4v) is 10.7. The molecule has 10 rings (SSSR count). The maximum absolute atomic E-state index is 2.51. The molecule has 0 unspecified atom stereocenters. The number of para-hydroxylation sites is 2. The predicted octanol–water partition coefficient (Wildman–Crippen LogP) is 17.0. The van der Waals surface area contributed by atoms with E-state index in [1.54, 1.807) is 0 Å². The first-order valence-electron chi connectivity index (χ1n) is 21.0. The molecule has 1 heterocycles. The molecule has 0 bridgehead atoms. The van der Waals surface area contributed by atoms with Crippen LogP contribution in [0.5, 0.6) is 0 Å². The van der Waals surface area contributed by atoms with Gasteiger partial charge in [0, 0.05) is 37.0 Å². The van der Waals surface area contributed by atoms with Gasteiger partial charge in [-0.1, -0.05) is 186 Å². The average Bonchev–Trinajstić information content (AvgIpc) is 3.66. The first-order valence-corrected chi connectivity index (χ1v) is 21.9. The molecule has 2 heteroatoms. The van der Waals surface area contributed by atoms with Gasteiger partial charge >= 0.3 is 0 Å². The molecule has 1 aliphatic rings. The summed E-state index contributed by atoms with van der Waals surface area (Å²) < 4.78 is 2.67. The lowest BCUT2D eigenvalue weighted by molar-refractivity contribution is 0.445. The van der Waals surface area contributed by atoms with E-state index in [9.17, 15) is 0 Å². The van der Waals surface area contributed by atoms with Gasteiger partial charge in [-0.05, 0) is 98.7 Å². The maximum atomic E-state index is 2.51. The van der Waals surface area contributed by atoms with Crippen LogP contribution in [0.1, 0.15) is 69.9 Å². The van der Waals surface area contributed by atoms with Gasteiger partial charge in [0.2, 0.25) is 0 Å². The molecule has 0 atom stereocenters. The Morgan fingerprint density at radius 3 is 1.81 bits per heavy atom. The van der Waals surface area contributed by atoms with Crippen molar-refractivity contribution >= 4 is 59.3 Å². The molecule has 0 radical (unpaired) electrons. The minimum Gasteiger partial charge on any atom is -0.309 e. The van der Waals surface area contributed by atoms with Crippen LogP contribution in [-0.2, 0) is 5.41 Å². The maximum Gasteiger partial charge on any atom is 0.0540 e. The van der Waals surface area contributed by atoms with Crippen LogP contribution in [0.3, 0.4) is 0 Å². The van der Waals surface area contributed by atoms with E-state index in [0.29, 0.717) is 5.92 Å². The van der Waals surface area contributed by atoms with E-state index in [1.807, 2.05) is 11.3 Å². The van der Waals surface area contributed by atoms with Crippen LogP contribution in [0.15, 0.2) is 176 Å². The second-order valence-corrected chi connectivity index (χ2v) is 18.2. The Kier molecular flexibility index (Phi) is 9.46. The fourth-order valence-electron chi connectivity index (χ4n) is 9.48. The lowest BCUT2D eigenvalue weighted by Crippen LogP contribution is -2.13. The normalized spacial score (nSPS) is 13.7. The monoisotopic (exact) mass is 767 g/mol. The van der Waals surface area contributed by atoms with Crippen molar-refractivity contribution in [3.63, 3.8) is 0 Å². The van der Waals surface area contributed by atoms with E-state index >= 15 is 0 Å². The summed E-state index contributed by atoms with van der Waals surface area (Å²) in [7, 11) is 0. The zero-order valence-corrected chi connectivity index (χ0v) is 34.5. The van der Waals surface area contributed by atoms with Crippen LogP contribution < -0.4 is 4.90 Å². The lowest BCUT2D eigenvalue weighted by atomic mass is 9.80. The zero-order chi connectivity index (χ0) is 39.2. The Morgan fingerprint density at radius 1 is 0.483 bits per heavy atom. The van der Waals surface area contributed by atoms with E-state index in [0.717, 1.165) is 11.4 Å². The van der Waals surface area contributed by atoms with Crippen LogP contribution >= 0.6 is 11.3 Å². The molecule has 9 aromatic rings. The van der Waals surface area contributed by atoms with Gasteiger partial charge in [-0.2, -0.15) is 0 Å². The lowest BCUT2D eigenvalue weighted by Gasteiger charge is -2.31. The van der Waals surface area contributed by atoms with Crippen molar-refractivity contribution in [3.05, 3.63) is 187 Å². The molecule has 1 fully saturated rings. The minimum absolute atomic E-state index is 0.0832. The first kappa shape index (κ1) is 36.4. The average molecular weight is 768 g/mol. The van der Waals surface area contributed by atoms with Gasteiger partial charge in [0.15, 0.2) is 0 Å². The molecule has 0 N–H and O–H groups in total. The summed E-state index contributed by atoms with van der Waals surface area (Å²) in [6, 6.07) is 66.0. The molecule has 0 amide bonds. The van der Waals surface area contributed by atoms with Crippen LogP contribution in [-0.4, -0.2) is 0 Å². The zero-order valence-electron chi connectivity index (χ0n) is 33.7. The standard InChI is InChI=1S/C56H49NS/c1-56(2,3)42-34-30-39(31-35-42)44-20-7-10-27-51(44)57(43-36-32-40(33-37-43)46-24-15-26-50-48-22-9-12-29-53(48)58-55(46)50)52-28-11-8-21-47(52)49-25-14-19-41-18-13-23-45(54(41)49)38-16-5-4-6-17-38/h7-15,18-38H,4-6,16-17H2,1-3H3. The highest BCUT2D eigenvalue weighted by Gasteiger charge is 2.24. The van der Waals surface area contributed by atoms with Gasteiger partial charge in [-0.25, -0.2) is 0 Å². The number of anilines is 3.